The van der Waals surface area contributed by atoms with Gasteiger partial charge in [-0.05, 0) is 43.6 Å². The molecule has 0 atom stereocenters. The molecule has 150 valence electrons. The van der Waals surface area contributed by atoms with Gasteiger partial charge in [-0.25, -0.2) is 9.67 Å². The molecule has 0 aliphatic carbocycles. The Kier molecular flexibility index (Phi) is 6.37. The van der Waals surface area contributed by atoms with E-state index < -0.39 is 0 Å². The largest absolute Gasteiger partial charge is 0.301 e. The van der Waals surface area contributed by atoms with Crippen molar-refractivity contribution in [2.24, 2.45) is 0 Å². The van der Waals surface area contributed by atoms with Gasteiger partial charge in [-0.15, -0.1) is 5.10 Å². The van der Waals surface area contributed by atoms with E-state index in [0.29, 0.717) is 29.5 Å². The summed E-state index contributed by atoms with van der Waals surface area (Å²) >= 11 is 6.17. The Labute approximate surface area is 176 Å². The van der Waals surface area contributed by atoms with Gasteiger partial charge in [0.05, 0.1) is 6.54 Å². The molecule has 0 bridgehead atoms. The maximum Gasteiger partial charge on any atom is 0.288 e. The number of piperidine rings is 1. The summed E-state index contributed by atoms with van der Waals surface area (Å²) in [7, 11) is 0. The second-order valence-corrected chi connectivity index (χ2v) is 7.92. The molecule has 5 nitrogen and oxygen atoms in total. The molecule has 0 spiro atoms. The topological polar surface area (TPSA) is 51.0 Å². The van der Waals surface area contributed by atoms with E-state index in [0.717, 1.165) is 30.8 Å². The fraction of sp³-hybridized carbons (Fsp3) is 0.348. The number of nitrogens with zero attached hydrogens (tertiary/aromatic N) is 4. The SMILES string of the molecule is O=c1c(Cc2ccccc2)nc(-c2cccc(Cl)c2)nn1CCN1CCCCC1. The third kappa shape index (κ3) is 5.11. The monoisotopic (exact) mass is 408 g/mol. The van der Waals surface area contributed by atoms with Gasteiger partial charge in [-0.3, -0.25) is 4.79 Å². The van der Waals surface area contributed by atoms with Crippen LogP contribution in [0.2, 0.25) is 5.02 Å². The quantitative estimate of drug-likeness (QED) is 0.617. The highest BCUT2D eigenvalue weighted by molar-refractivity contribution is 6.30. The van der Waals surface area contributed by atoms with Crippen LogP contribution in [0.15, 0.2) is 59.4 Å². The molecule has 0 saturated carbocycles. The molecule has 1 aromatic heterocycles. The molecular weight excluding hydrogens is 384 g/mol. The first-order valence-corrected chi connectivity index (χ1v) is 10.6. The number of aromatic nitrogens is 3. The molecule has 1 fully saturated rings. The average Bonchev–Trinajstić information content (AvgIpc) is 2.76. The Morgan fingerprint density at radius 3 is 2.48 bits per heavy atom. The van der Waals surface area contributed by atoms with Gasteiger partial charge in [-0.1, -0.05) is 60.5 Å². The van der Waals surface area contributed by atoms with Gasteiger partial charge in [-0.2, -0.15) is 0 Å². The minimum atomic E-state index is -0.114. The van der Waals surface area contributed by atoms with Crippen LogP contribution >= 0.6 is 11.6 Å². The maximum absolute atomic E-state index is 13.1. The molecule has 29 heavy (non-hydrogen) atoms. The summed E-state index contributed by atoms with van der Waals surface area (Å²) in [5, 5.41) is 5.20. The average molecular weight is 409 g/mol. The number of halogens is 1. The second-order valence-electron chi connectivity index (χ2n) is 7.49. The molecule has 3 aromatic rings. The Balaban J connectivity index is 1.67. The molecule has 2 aromatic carbocycles. The third-order valence-corrected chi connectivity index (χ3v) is 5.55. The van der Waals surface area contributed by atoms with Crippen LogP contribution in [0.3, 0.4) is 0 Å². The van der Waals surface area contributed by atoms with E-state index in [9.17, 15) is 4.79 Å². The first-order chi connectivity index (χ1) is 14.2. The van der Waals surface area contributed by atoms with E-state index in [2.05, 4.69) is 15.0 Å². The van der Waals surface area contributed by atoms with Crippen LogP contribution in [0.4, 0.5) is 0 Å². The van der Waals surface area contributed by atoms with E-state index in [4.69, 9.17) is 11.6 Å². The van der Waals surface area contributed by atoms with Crippen LogP contribution in [0, 0.1) is 0 Å². The van der Waals surface area contributed by atoms with Gasteiger partial charge >= 0.3 is 0 Å². The summed E-state index contributed by atoms with van der Waals surface area (Å²) in [4.78, 5) is 20.1. The van der Waals surface area contributed by atoms with Crippen LogP contribution < -0.4 is 5.56 Å². The highest BCUT2D eigenvalue weighted by Crippen LogP contribution is 2.19. The molecule has 6 heteroatoms. The molecular formula is C23H25ClN4O. The minimum Gasteiger partial charge on any atom is -0.301 e. The van der Waals surface area contributed by atoms with Crippen molar-refractivity contribution in [1.82, 2.24) is 19.7 Å². The Hall–Kier alpha value is -2.50. The zero-order valence-electron chi connectivity index (χ0n) is 16.4. The van der Waals surface area contributed by atoms with Gasteiger partial charge in [0.15, 0.2) is 5.82 Å². The van der Waals surface area contributed by atoms with Crippen LogP contribution in [0.5, 0.6) is 0 Å². The third-order valence-electron chi connectivity index (χ3n) is 5.31. The Bertz CT molecular complexity index is 1010. The van der Waals surface area contributed by atoms with Gasteiger partial charge in [0.1, 0.15) is 5.69 Å². The first kappa shape index (κ1) is 19.8. The van der Waals surface area contributed by atoms with Gasteiger partial charge in [0.25, 0.3) is 5.56 Å². The number of likely N-dealkylation sites (tertiary alicyclic amines) is 1. The summed E-state index contributed by atoms with van der Waals surface area (Å²) in [6.07, 6.45) is 4.24. The molecule has 1 aliphatic heterocycles. The van der Waals surface area contributed by atoms with Crippen molar-refractivity contribution in [3.05, 3.63) is 81.2 Å². The minimum absolute atomic E-state index is 0.114. The number of benzene rings is 2. The molecule has 4 rings (SSSR count). The molecule has 0 unspecified atom stereocenters. The van der Waals surface area contributed by atoms with Crippen molar-refractivity contribution in [1.29, 1.82) is 0 Å². The lowest BCUT2D eigenvalue weighted by molar-refractivity contribution is 0.216. The van der Waals surface area contributed by atoms with Crippen LogP contribution in [-0.4, -0.2) is 39.3 Å². The molecule has 0 N–H and O–H groups in total. The highest BCUT2D eigenvalue weighted by Gasteiger charge is 2.15. The summed E-state index contributed by atoms with van der Waals surface area (Å²) in [5.74, 6) is 0.539. The molecule has 1 aliphatic rings. The summed E-state index contributed by atoms with van der Waals surface area (Å²) < 4.78 is 1.58. The van der Waals surface area contributed by atoms with E-state index >= 15 is 0 Å². The van der Waals surface area contributed by atoms with Crippen LogP contribution in [0.25, 0.3) is 11.4 Å². The molecule has 0 radical (unpaired) electrons. The van der Waals surface area contributed by atoms with Crippen molar-refractivity contribution >= 4 is 11.6 Å². The van der Waals surface area contributed by atoms with Crippen molar-refractivity contribution in [2.45, 2.75) is 32.2 Å². The van der Waals surface area contributed by atoms with Gasteiger partial charge in [0, 0.05) is 23.6 Å². The zero-order chi connectivity index (χ0) is 20.1. The van der Waals surface area contributed by atoms with E-state index in [1.54, 1.807) is 4.68 Å². The van der Waals surface area contributed by atoms with E-state index in [1.165, 1.54) is 19.3 Å². The smallest absolute Gasteiger partial charge is 0.288 e. The van der Waals surface area contributed by atoms with Crippen LogP contribution in [-0.2, 0) is 13.0 Å². The predicted octanol–water partition coefficient (Wildman–Crippen LogP) is 4.04. The lowest BCUT2D eigenvalue weighted by atomic mass is 10.1. The zero-order valence-corrected chi connectivity index (χ0v) is 17.2. The van der Waals surface area contributed by atoms with E-state index in [-0.39, 0.29) is 5.56 Å². The van der Waals surface area contributed by atoms with Crippen LogP contribution in [0.1, 0.15) is 30.5 Å². The number of rotatable bonds is 6. The highest BCUT2D eigenvalue weighted by atomic mass is 35.5. The molecule has 2 heterocycles. The lowest BCUT2D eigenvalue weighted by Crippen LogP contribution is -2.36. The van der Waals surface area contributed by atoms with Crippen molar-refractivity contribution in [2.75, 3.05) is 19.6 Å². The second kappa shape index (κ2) is 9.33. The fourth-order valence-electron chi connectivity index (χ4n) is 3.73. The lowest BCUT2D eigenvalue weighted by Gasteiger charge is -2.26. The summed E-state index contributed by atoms with van der Waals surface area (Å²) in [6, 6.07) is 17.4. The fourth-order valence-corrected chi connectivity index (χ4v) is 3.92. The Morgan fingerprint density at radius 1 is 0.931 bits per heavy atom. The molecule has 0 amide bonds. The summed E-state index contributed by atoms with van der Waals surface area (Å²) in [6.45, 7) is 3.59. The van der Waals surface area contributed by atoms with Crippen molar-refractivity contribution in [3.8, 4) is 11.4 Å². The van der Waals surface area contributed by atoms with Crippen molar-refractivity contribution < 1.29 is 0 Å². The number of hydrogen-bond acceptors (Lipinski definition) is 4. The Morgan fingerprint density at radius 2 is 1.72 bits per heavy atom. The standard InChI is InChI=1S/C23H25ClN4O/c24-20-11-7-10-19(17-20)22-25-21(16-18-8-3-1-4-9-18)23(29)28(26-22)15-14-27-12-5-2-6-13-27/h1,3-4,7-11,17H,2,5-6,12-16H2. The number of hydrogen-bond donors (Lipinski definition) is 0. The van der Waals surface area contributed by atoms with Gasteiger partial charge in [0.2, 0.25) is 0 Å². The predicted molar refractivity (Wildman–Crippen MR) is 116 cm³/mol. The molecule has 1 saturated heterocycles. The first-order valence-electron chi connectivity index (χ1n) is 10.2. The van der Waals surface area contributed by atoms with Crippen molar-refractivity contribution in [3.63, 3.8) is 0 Å². The van der Waals surface area contributed by atoms with Gasteiger partial charge < -0.3 is 4.90 Å². The van der Waals surface area contributed by atoms with E-state index in [1.807, 2.05) is 54.6 Å². The maximum atomic E-state index is 13.1. The normalized spacial score (nSPS) is 14.8. The summed E-state index contributed by atoms with van der Waals surface area (Å²) in [5.41, 5.74) is 2.28.